The summed E-state index contributed by atoms with van der Waals surface area (Å²) in [5, 5.41) is 19.1. The highest BCUT2D eigenvalue weighted by Gasteiger charge is 2.27. The molecule has 1 aliphatic heterocycles. The zero-order valence-corrected chi connectivity index (χ0v) is 23.6. The zero-order valence-electron chi connectivity index (χ0n) is 23.6. The van der Waals surface area contributed by atoms with Gasteiger partial charge in [0.15, 0.2) is 0 Å². The molecule has 0 saturated heterocycles. The number of benzene rings is 2. The molecule has 5 rings (SSSR count). The maximum atomic E-state index is 12.8. The van der Waals surface area contributed by atoms with E-state index in [-0.39, 0.29) is 0 Å². The number of H-pyrrole nitrogens is 1. The molecule has 0 spiro atoms. The number of rotatable bonds is 11. The van der Waals surface area contributed by atoms with Crippen LogP contribution in [-0.4, -0.2) is 45.7 Å². The summed E-state index contributed by atoms with van der Waals surface area (Å²) in [6.45, 7) is 12.7. The maximum Gasteiger partial charge on any atom is 0.352 e. The molecule has 0 atom stereocenters. The third-order valence-electron chi connectivity index (χ3n) is 7.54. The van der Waals surface area contributed by atoms with Gasteiger partial charge in [-0.25, -0.2) is 4.79 Å². The Morgan fingerprint density at radius 2 is 2.05 bits per heavy atom. The van der Waals surface area contributed by atoms with Crippen molar-refractivity contribution in [2.45, 2.75) is 52.4 Å². The summed E-state index contributed by atoms with van der Waals surface area (Å²) in [5.41, 5.74) is 7.46. The van der Waals surface area contributed by atoms with Gasteiger partial charge in [0.2, 0.25) is 0 Å². The lowest BCUT2D eigenvalue weighted by Crippen LogP contribution is -2.12. The Kier molecular flexibility index (Phi) is 9.01. The molecule has 8 nitrogen and oxygen atoms in total. The Labute approximate surface area is 240 Å². The zero-order chi connectivity index (χ0) is 28.8. The fourth-order valence-corrected chi connectivity index (χ4v) is 5.71. The molecule has 41 heavy (non-hydrogen) atoms. The van der Waals surface area contributed by atoms with Gasteiger partial charge < -0.3 is 23.9 Å². The van der Waals surface area contributed by atoms with Gasteiger partial charge in [0.25, 0.3) is 0 Å². The molecule has 8 heteroatoms. The molecule has 0 aliphatic carbocycles. The summed E-state index contributed by atoms with van der Waals surface area (Å²) in [7, 11) is 0. The van der Waals surface area contributed by atoms with Gasteiger partial charge in [0.05, 0.1) is 36.7 Å². The quantitative estimate of drug-likeness (QED) is 0.196. The van der Waals surface area contributed by atoms with Crippen LogP contribution in [0.2, 0.25) is 0 Å². The lowest BCUT2D eigenvalue weighted by molar-refractivity contribution is 0.0683. The van der Waals surface area contributed by atoms with E-state index in [1.54, 1.807) is 12.2 Å². The first-order valence-corrected chi connectivity index (χ1v) is 14.2. The van der Waals surface area contributed by atoms with Gasteiger partial charge in [0.1, 0.15) is 11.4 Å². The minimum Gasteiger partial charge on any atom is -0.493 e. The van der Waals surface area contributed by atoms with E-state index in [4.69, 9.17) is 14.2 Å². The Hall–Kier alpha value is -4.14. The van der Waals surface area contributed by atoms with E-state index >= 15 is 0 Å². The second kappa shape index (κ2) is 13.0. The summed E-state index contributed by atoms with van der Waals surface area (Å²) >= 11 is 0. The number of aromatic amines is 1. The number of carboxylic acid groups (broad SMARTS) is 1. The Balaban J connectivity index is 1.55. The van der Waals surface area contributed by atoms with Crippen molar-refractivity contribution >= 4 is 29.0 Å². The van der Waals surface area contributed by atoms with Gasteiger partial charge in [-0.2, -0.15) is 5.10 Å². The van der Waals surface area contributed by atoms with E-state index in [0.717, 1.165) is 68.7 Å². The molecule has 214 valence electrons. The van der Waals surface area contributed by atoms with Crippen LogP contribution in [0.25, 0.3) is 34.2 Å². The van der Waals surface area contributed by atoms with Crippen LogP contribution in [0.5, 0.6) is 5.75 Å². The highest BCUT2D eigenvalue weighted by Crippen LogP contribution is 2.39. The Morgan fingerprint density at radius 1 is 1.20 bits per heavy atom. The lowest BCUT2D eigenvalue weighted by atomic mass is 9.98. The highest BCUT2D eigenvalue weighted by molar-refractivity contribution is 6.04. The van der Waals surface area contributed by atoms with Crippen LogP contribution in [0.1, 0.15) is 64.8 Å². The average molecular weight is 556 g/mol. The molecule has 0 radical (unpaired) electrons. The van der Waals surface area contributed by atoms with Crippen LogP contribution in [0, 0.1) is 0 Å². The fourth-order valence-electron chi connectivity index (χ4n) is 5.71. The van der Waals surface area contributed by atoms with E-state index < -0.39 is 5.97 Å². The van der Waals surface area contributed by atoms with Gasteiger partial charge in [-0.1, -0.05) is 55.6 Å². The number of carbonyl (C=O) groups is 1. The SMILES string of the molecule is C=Cc1cccc(OCCCc2c(C(=O)O)n3c4c(cccc24)-c2c(COCC)n[nH]c2COCCCC3)c1C=C. The lowest BCUT2D eigenvalue weighted by Gasteiger charge is -2.12. The number of fused-ring (bicyclic) bond motifs is 2. The molecule has 1 aliphatic rings. The smallest absolute Gasteiger partial charge is 0.352 e. The molecule has 0 unspecified atom stereocenters. The van der Waals surface area contributed by atoms with Gasteiger partial charge in [-0.3, -0.25) is 5.10 Å². The van der Waals surface area contributed by atoms with E-state index in [1.807, 2.05) is 47.9 Å². The maximum absolute atomic E-state index is 12.8. The summed E-state index contributed by atoms with van der Waals surface area (Å²) in [4.78, 5) is 12.8. The monoisotopic (exact) mass is 555 g/mol. The number of ether oxygens (including phenoxy) is 3. The van der Waals surface area contributed by atoms with E-state index in [9.17, 15) is 9.90 Å². The van der Waals surface area contributed by atoms with Gasteiger partial charge in [-0.05, 0) is 49.8 Å². The van der Waals surface area contributed by atoms with Crippen LogP contribution in [0.15, 0.2) is 49.6 Å². The topological polar surface area (TPSA) is 98.6 Å². The largest absolute Gasteiger partial charge is 0.493 e. The molecular formula is C33H37N3O5. The van der Waals surface area contributed by atoms with Crippen molar-refractivity contribution in [3.8, 4) is 16.9 Å². The number of hydrogen-bond acceptors (Lipinski definition) is 5. The van der Waals surface area contributed by atoms with Crippen molar-refractivity contribution in [2.24, 2.45) is 0 Å². The van der Waals surface area contributed by atoms with Gasteiger partial charge >= 0.3 is 5.97 Å². The third-order valence-corrected chi connectivity index (χ3v) is 7.54. The van der Waals surface area contributed by atoms with E-state index in [1.165, 1.54) is 0 Å². The van der Waals surface area contributed by atoms with Crippen LogP contribution in [-0.2, 0) is 35.7 Å². The molecule has 0 fully saturated rings. The molecule has 0 amide bonds. The van der Waals surface area contributed by atoms with Crippen molar-refractivity contribution in [1.29, 1.82) is 0 Å². The molecular weight excluding hydrogens is 518 g/mol. The first kappa shape index (κ1) is 28.4. The minimum atomic E-state index is -0.927. The molecule has 2 aromatic heterocycles. The van der Waals surface area contributed by atoms with Crippen molar-refractivity contribution in [3.05, 3.63) is 83.3 Å². The minimum absolute atomic E-state index is 0.337. The van der Waals surface area contributed by atoms with E-state index in [2.05, 4.69) is 23.4 Å². The molecule has 0 bridgehead atoms. The predicted octanol–water partition coefficient (Wildman–Crippen LogP) is 6.87. The summed E-state index contributed by atoms with van der Waals surface area (Å²) in [5.74, 6) is -0.185. The van der Waals surface area contributed by atoms with Crippen molar-refractivity contribution in [2.75, 3.05) is 19.8 Å². The number of nitrogens with zero attached hydrogens (tertiary/aromatic N) is 2. The Bertz CT molecular complexity index is 1550. The molecule has 4 aromatic rings. The normalized spacial score (nSPS) is 13.4. The number of aromatic nitrogens is 3. The number of aromatic carboxylic acids is 1. The van der Waals surface area contributed by atoms with Crippen molar-refractivity contribution < 1.29 is 24.1 Å². The van der Waals surface area contributed by atoms with Crippen LogP contribution in [0.4, 0.5) is 0 Å². The first-order valence-electron chi connectivity index (χ1n) is 14.2. The average Bonchev–Trinajstić information content (AvgIpc) is 3.53. The first-order chi connectivity index (χ1) is 20.1. The number of hydrogen-bond donors (Lipinski definition) is 2. The van der Waals surface area contributed by atoms with Crippen molar-refractivity contribution in [1.82, 2.24) is 14.8 Å². The molecule has 2 N–H and O–H groups in total. The molecule has 2 aromatic carbocycles. The number of nitrogens with one attached hydrogen (secondary N) is 1. The third kappa shape index (κ3) is 5.71. The number of carboxylic acids is 1. The van der Waals surface area contributed by atoms with Crippen LogP contribution >= 0.6 is 0 Å². The van der Waals surface area contributed by atoms with Gasteiger partial charge in [0, 0.05) is 41.8 Å². The molecule has 0 saturated carbocycles. The van der Waals surface area contributed by atoms with Crippen LogP contribution < -0.4 is 4.74 Å². The second-order valence-electron chi connectivity index (χ2n) is 10.0. The van der Waals surface area contributed by atoms with Gasteiger partial charge in [-0.15, -0.1) is 0 Å². The number of para-hydroxylation sites is 1. The molecule has 3 heterocycles. The van der Waals surface area contributed by atoms with Crippen LogP contribution in [0.3, 0.4) is 0 Å². The summed E-state index contributed by atoms with van der Waals surface area (Å²) in [6.07, 6.45) is 6.41. The Morgan fingerprint density at radius 3 is 2.83 bits per heavy atom. The second-order valence-corrected chi connectivity index (χ2v) is 10.0. The van der Waals surface area contributed by atoms with E-state index in [0.29, 0.717) is 58.1 Å². The van der Waals surface area contributed by atoms with Crippen molar-refractivity contribution in [3.63, 3.8) is 0 Å². The highest BCUT2D eigenvalue weighted by atomic mass is 16.5. The standard InChI is InChI=1S/C33H37N3O5/c1-4-22-12-9-16-29(23(22)5-2)41-19-11-15-25-24-13-10-14-26-30-27(20-39-6-3)34-35-28(30)21-40-18-8-7-17-36(31(24)26)32(25)33(37)38/h4-5,9-10,12-14,16H,1-2,6-8,11,15,17-21H2,3H3,(H,34,35)(H,37,38). The predicted molar refractivity (Wildman–Crippen MR) is 161 cm³/mol. The fraction of sp³-hybridized carbons (Fsp3) is 0.333. The summed E-state index contributed by atoms with van der Waals surface area (Å²) < 4.78 is 19.8. The number of aryl methyl sites for hydroxylation is 2. The summed E-state index contributed by atoms with van der Waals surface area (Å²) in [6, 6.07) is 11.9.